The van der Waals surface area contributed by atoms with Crippen molar-refractivity contribution in [3.8, 4) is 0 Å². The molecule has 0 bridgehead atoms. The molecule has 150 valence electrons. The third-order valence-electron chi connectivity index (χ3n) is 4.69. The Morgan fingerprint density at radius 2 is 1.83 bits per heavy atom. The van der Waals surface area contributed by atoms with Gasteiger partial charge in [-0.2, -0.15) is 0 Å². The minimum Gasteiger partial charge on any atom is -0.468 e. The van der Waals surface area contributed by atoms with Gasteiger partial charge in [0.15, 0.2) is 0 Å². The van der Waals surface area contributed by atoms with Crippen LogP contribution in [0.15, 0.2) is 53.3 Å². The number of esters is 1. The molecule has 0 aliphatic rings. The summed E-state index contributed by atoms with van der Waals surface area (Å²) in [6, 6.07) is 14.6. The molecule has 8 nitrogen and oxygen atoms in total. The molecule has 0 saturated heterocycles. The molecule has 2 aromatic carbocycles. The average Bonchev–Trinajstić information content (AvgIpc) is 2.74. The SMILES string of the molecule is COC(=O)CN(Cc1ccccc1C)C(=O)CCn1nnc2ccccc2c1=O. The Labute approximate surface area is 167 Å². The van der Waals surface area contributed by atoms with Crippen LogP contribution in [-0.4, -0.2) is 45.4 Å². The molecule has 0 atom stereocenters. The fourth-order valence-corrected chi connectivity index (χ4v) is 2.98. The first-order chi connectivity index (χ1) is 14.0. The second-order valence-electron chi connectivity index (χ2n) is 6.64. The van der Waals surface area contributed by atoms with Crippen molar-refractivity contribution in [2.75, 3.05) is 13.7 Å². The van der Waals surface area contributed by atoms with Crippen LogP contribution in [0.4, 0.5) is 0 Å². The lowest BCUT2D eigenvalue weighted by Gasteiger charge is -2.22. The number of rotatable bonds is 7. The summed E-state index contributed by atoms with van der Waals surface area (Å²) in [5.74, 6) is -0.782. The normalized spacial score (nSPS) is 10.7. The molecule has 29 heavy (non-hydrogen) atoms. The summed E-state index contributed by atoms with van der Waals surface area (Å²) in [5, 5.41) is 8.37. The molecule has 0 N–H and O–H groups in total. The molecule has 8 heteroatoms. The highest BCUT2D eigenvalue weighted by atomic mass is 16.5. The van der Waals surface area contributed by atoms with Crippen molar-refractivity contribution in [3.05, 3.63) is 70.0 Å². The third kappa shape index (κ3) is 4.84. The maximum absolute atomic E-state index is 12.8. The zero-order valence-corrected chi connectivity index (χ0v) is 16.4. The molecule has 1 heterocycles. The highest BCUT2D eigenvalue weighted by Crippen LogP contribution is 2.12. The van der Waals surface area contributed by atoms with E-state index in [0.717, 1.165) is 11.1 Å². The molecule has 0 unspecified atom stereocenters. The minimum atomic E-state index is -0.505. The number of hydrogen-bond donors (Lipinski definition) is 0. The molecule has 3 rings (SSSR count). The zero-order chi connectivity index (χ0) is 20.8. The van der Waals surface area contributed by atoms with Crippen LogP contribution in [0, 0.1) is 6.92 Å². The van der Waals surface area contributed by atoms with Crippen molar-refractivity contribution < 1.29 is 14.3 Å². The first-order valence-corrected chi connectivity index (χ1v) is 9.21. The minimum absolute atomic E-state index is 0.00972. The van der Waals surface area contributed by atoms with E-state index in [1.54, 1.807) is 24.3 Å². The summed E-state index contributed by atoms with van der Waals surface area (Å²) in [6.07, 6.45) is 0.00972. The van der Waals surface area contributed by atoms with E-state index in [2.05, 4.69) is 10.3 Å². The van der Waals surface area contributed by atoms with Crippen molar-refractivity contribution in [1.82, 2.24) is 19.9 Å². The maximum atomic E-state index is 12.8. The fourth-order valence-electron chi connectivity index (χ4n) is 2.98. The Kier molecular flexibility index (Phi) is 6.33. The molecule has 1 amide bonds. The summed E-state index contributed by atoms with van der Waals surface area (Å²) in [5.41, 5.74) is 2.16. The van der Waals surface area contributed by atoms with E-state index in [1.807, 2.05) is 31.2 Å². The second-order valence-corrected chi connectivity index (χ2v) is 6.64. The van der Waals surface area contributed by atoms with Crippen molar-refractivity contribution in [2.24, 2.45) is 0 Å². The van der Waals surface area contributed by atoms with E-state index >= 15 is 0 Å². The van der Waals surface area contributed by atoms with Gasteiger partial charge in [-0.15, -0.1) is 5.10 Å². The topological polar surface area (TPSA) is 94.4 Å². The molecule has 0 spiro atoms. The predicted octanol–water partition coefficient (Wildman–Crippen LogP) is 1.69. The van der Waals surface area contributed by atoms with Gasteiger partial charge in [0.25, 0.3) is 5.56 Å². The van der Waals surface area contributed by atoms with E-state index in [1.165, 1.54) is 16.7 Å². The van der Waals surface area contributed by atoms with E-state index in [9.17, 15) is 14.4 Å². The number of ether oxygens (including phenoxy) is 1. The van der Waals surface area contributed by atoms with Crippen LogP contribution in [0.25, 0.3) is 10.9 Å². The fraction of sp³-hybridized carbons (Fsp3) is 0.286. The van der Waals surface area contributed by atoms with Crippen LogP contribution in [0.1, 0.15) is 17.5 Å². The molecule has 0 aliphatic carbocycles. The number of amides is 1. The Morgan fingerprint density at radius 1 is 1.10 bits per heavy atom. The van der Waals surface area contributed by atoms with Crippen LogP contribution in [0.3, 0.4) is 0 Å². The number of hydrogen-bond acceptors (Lipinski definition) is 6. The molecular formula is C21H22N4O4. The van der Waals surface area contributed by atoms with Crippen LogP contribution >= 0.6 is 0 Å². The molecule has 0 saturated carbocycles. The van der Waals surface area contributed by atoms with Crippen molar-refractivity contribution in [1.29, 1.82) is 0 Å². The first-order valence-electron chi connectivity index (χ1n) is 9.21. The summed E-state index contributed by atoms with van der Waals surface area (Å²) >= 11 is 0. The lowest BCUT2D eigenvalue weighted by atomic mass is 10.1. The number of fused-ring (bicyclic) bond motifs is 1. The Morgan fingerprint density at radius 3 is 2.59 bits per heavy atom. The van der Waals surface area contributed by atoms with Gasteiger partial charge in [0, 0.05) is 13.0 Å². The first kappa shape index (κ1) is 20.2. The lowest BCUT2D eigenvalue weighted by molar-refractivity contribution is -0.147. The predicted molar refractivity (Wildman–Crippen MR) is 107 cm³/mol. The molecular weight excluding hydrogens is 372 g/mol. The van der Waals surface area contributed by atoms with Gasteiger partial charge < -0.3 is 9.64 Å². The van der Waals surface area contributed by atoms with Gasteiger partial charge in [0.2, 0.25) is 5.91 Å². The monoisotopic (exact) mass is 394 g/mol. The van der Waals surface area contributed by atoms with E-state index in [0.29, 0.717) is 10.9 Å². The van der Waals surface area contributed by atoms with Crippen LogP contribution in [0.5, 0.6) is 0 Å². The van der Waals surface area contributed by atoms with Gasteiger partial charge in [-0.3, -0.25) is 14.4 Å². The number of aromatic nitrogens is 3. The Bertz CT molecular complexity index is 1090. The second kappa shape index (κ2) is 9.09. The average molecular weight is 394 g/mol. The van der Waals surface area contributed by atoms with Crippen molar-refractivity contribution in [2.45, 2.75) is 26.4 Å². The van der Waals surface area contributed by atoms with E-state index in [4.69, 9.17) is 4.74 Å². The van der Waals surface area contributed by atoms with Gasteiger partial charge >= 0.3 is 5.97 Å². The number of carbonyl (C=O) groups excluding carboxylic acids is 2. The molecule has 1 aromatic heterocycles. The third-order valence-corrected chi connectivity index (χ3v) is 4.69. The standard InChI is InChI=1S/C21H22N4O4/c1-15-7-3-4-8-16(15)13-24(14-20(27)29-2)19(26)11-12-25-21(28)17-9-5-6-10-18(17)22-23-25/h3-10H,11-14H2,1-2H3. The summed E-state index contributed by atoms with van der Waals surface area (Å²) in [6.45, 7) is 2.13. The van der Waals surface area contributed by atoms with E-state index < -0.39 is 5.97 Å². The van der Waals surface area contributed by atoms with Gasteiger partial charge in [-0.1, -0.05) is 41.6 Å². The summed E-state index contributed by atoms with van der Waals surface area (Å²) in [4.78, 5) is 38.6. The van der Waals surface area contributed by atoms with Crippen molar-refractivity contribution >= 4 is 22.8 Å². The quantitative estimate of drug-likeness (QED) is 0.566. The lowest BCUT2D eigenvalue weighted by Crippen LogP contribution is -2.37. The number of methoxy groups -OCH3 is 1. The van der Waals surface area contributed by atoms with Crippen LogP contribution < -0.4 is 5.56 Å². The van der Waals surface area contributed by atoms with Crippen LogP contribution in [0.2, 0.25) is 0 Å². The summed E-state index contributed by atoms with van der Waals surface area (Å²) < 4.78 is 5.89. The molecule has 3 aromatic rings. The Hall–Kier alpha value is -3.55. The van der Waals surface area contributed by atoms with Gasteiger partial charge in [0.05, 0.1) is 19.0 Å². The zero-order valence-electron chi connectivity index (χ0n) is 16.4. The van der Waals surface area contributed by atoms with Crippen LogP contribution in [-0.2, 0) is 27.4 Å². The number of aryl methyl sites for hydroxylation is 2. The number of carbonyl (C=O) groups is 2. The van der Waals surface area contributed by atoms with Gasteiger partial charge in [-0.05, 0) is 30.2 Å². The number of benzene rings is 2. The molecule has 0 fully saturated rings. The van der Waals surface area contributed by atoms with Gasteiger partial charge in [-0.25, -0.2) is 4.68 Å². The van der Waals surface area contributed by atoms with Gasteiger partial charge in [0.1, 0.15) is 12.1 Å². The molecule has 0 radical (unpaired) electrons. The molecule has 0 aliphatic heterocycles. The Balaban J connectivity index is 1.76. The highest BCUT2D eigenvalue weighted by molar-refractivity contribution is 5.82. The number of nitrogens with zero attached hydrogens (tertiary/aromatic N) is 4. The van der Waals surface area contributed by atoms with E-state index in [-0.39, 0.29) is 37.5 Å². The maximum Gasteiger partial charge on any atom is 0.325 e. The largest absolute Gasteiger partial charge is 0.468 e. The highest BCUT2D eigenvalue weighted by Gasteiger charge is 2.19. The summed E-state index contributed by atoms with van der Waals surface area (Å²) in [7, 11) is 1.28. The van der Waals surface area contributed by atoms with Crippen molar-refractivity contribution in [3.63, 3.8) is 0 Å². The smallest absolute Gasteiger partial charge is 0.325 e.